The van der Waals surface area contributed by atoms with Gasteiger partial charge in [0.25, 0.3) is 0 Å². The van der Waals surface area contributed by atoms with Crippen LogP contribution in [0, 0.1) is 5.92 Å². The van der Waals surface area contributed by atoms with Gasteiger partial charge in [-0.1, -0.05) is 13.8 Å². The number of carbonyl (C=O) groups is 1. The molecule has 29 heavy (non-hydrogen) atoms. The van der Waals surface area contributed by atoms with Crippen molar-refractivity contribution in [1.82, 2.24) is 19.4 Å². The van der Waals surface area contributed by atoms with E-state index in [1.807, 2.05) is 23.2 Å². The number of hydrogen-bond acceptors (Lipinski definition) is 5. The third-order valence-corrected chi connectivity index (χ3v) is 6.00. The maximum absolute atomic E-state index is 12.7. The molecule has 0 aromatic carbocycles. The molecule has 158 valence electrons. The third-order valence-electron chi connectivity index (χ3n) is 6.00. The molecule has 1 amide bonds. The molecule has 0 atom stereocenters. The van der Waals surface area contributed by atoms with E-state index < -0.39 is 5.79 Å². The summed E-state index contributed by atoms with van der Waals surface area (Å²) in [4.78, 5) is 23.9. The zero-order chi connectivity index (χ0) is 20.3. The van der Waals surface area contributed by atoms with Crippen LogP contribution in [0.1, 0.15) is 51.8 Å². The van der Waals surface area contributed by atoms with E-state index in [2.05, 4.69) is 23.4 Å². The lowest BCUT2D eigenvalue weighted by Gasteiger charge is -2.37. The Morgan fingerprint density at radius 3 is 2.72 bits per heavy atom. The molecule has 2 aliphatic rings. The van der Waals surface area contributed by atoms with Crippen LogP contribution in [-0.4, -0.2) is 57.4 Å². The van der Waals surface area contributed by atoms with Crippen LogP contribution in [0.4, 0.5) is 0 Å². The third kappa shape index (κ3) is 4.61. The summed E-state index contributed by atoms with van der Waals surface area (Å²) in [6, 6.07) is 3.94. The molecule has 0 aliphatic carbocycles. The summed E-state index contributed by atoms with van der Waals surface area (Å²) in [6.07, 6.45) is 6.61. The van der Waals surface area contributed by atoms with Gasteiger partial charge in [0.1, 0.15) is 11.3 Å². The van der Waals surface area contributed by atoms with Crippen molar-refractivity contribution in [2.75, 3.05) is 26.3 Å². The van der Waals surface area contributed by atoms with Crippen LogP contribution in [0.5, 0.6) is 0 Å². The molecule has 4 heterocycles. The average molecular weight is 401 g/mol. The molecule has 7 heteroatoms. The molecule has 0 saturated carbocycles. The first kappa shape index (κ1) is 20.3. The molecule has 7 nitrogen and oxygen atoms in total. The van der Waals surface area contributed by atoms with Gasteiger partial charge in [-0.15, -0.1) is 0 Å². The highest BCUT2D eigenvalue weighted by Gasteiger charge is 2.40. The number of imidazole rings is 1. The summed E-state index contributed by atoms with van der Waals surface area (Å²) in [5.41, 5.74) is 1.89. The van der Waals surface area contributed by atoms with Crippen molar-refractivity contribution in [3.05, 3.63) is 24.2 Å². The lowest BCUT2D eigenvalue weighted by Crippen LogP contribution is -2.47. The van der Waals surface area contributed by atoms with E-state index in [4.69, 9.17) is 14.5 Å². The number of piperidine rings is 1. The number of aryl methyl sites for hydroxylation is 2. The topological polar surface area (TPSA) is 69.5 Å². The Labute approximate surface area is 172 Å². The zero-order valence-corrected chi connectivity index (χ0v) is 17.6. The van der Waals surface area contributed by atoms with E-state index in [0.717, 1.165) is 68.7 Å². The number of carbonyl (C=O) groups excluding carboxylic acids is 1. The van der Waals surface area contributed by atoms with Crippen molar-refractivity contribution in [3.8, 4) is 0 Å². The van der Waals surface area contributed by atoms with Crippen molar-refractivity contribution in [3.63, 3.8) is 0 Å². The first-order valence-electron chi connectivity index (χ1n) is 10.9. The molecule has 2 fully saturated rings. The number of hydrogen-bond donors (Lipinski definition) is 0. The Morgan fingerprint density at radius 1 is 1.24 bits per heavy atom. The minimum atomic E-state index is -0.426. The number of nitrogens with zero attached hydrogens (tertiary/aromatic N) is 4. The van der Waals surface area contributed by atoms with Crippen molar-refractivity contribution in [2.24, 2.45) is 5.92 Å². The summed E-state index contributed by atoms with van der Waals surface area (Å²) in [6.45, 7) is 8.15. The maximum Gasteiger partial charge on any atom is 0.222 e. The predicted molar refractivity (Wildman–Crippen MR) is 110 cm³/mol. The number of rotatable bonds is 7. The molecule has 0 N–H and O–H groups in total. The van der Waals surface area contributed by atoms with Crippen molar-refractivity contribution in [1.29, 1.82) is 0 Å². The largest absolute Gasteiger partial charge is 0.347 e. The Kier molecular flexibility index (Phi) is 6.15. The van der Waals surface area contributed by atoms with Crippen LogP contribution >= 0.6 is 0 Å². The highest BCUT2D eigenvalue weighted by atomic mass is 16.7. The van der Waals surface area contributed by atoms with Crippen LogP contribution in [0.3, 0.4) is 0 Å². The molecule has 0 unspecified atom stereocenters. The average Bonchev–Trinajstić information content (AvgIpc) is 3.31. The monoisotopic (exact) mass is 400 g/mol. The quantitative estimate of drug-likeness (QED) is 0.714. The van der Waals surface area contributed by atoms with Crippen molar-refractivity contribution in [2.45, 2.75) is 64.7 Å². The lowest BCUT2D eigenvalue weighted by atomic mass is 10.0. The molecule has 1 spiro atoms. The summed E-state index contributed by atoms with van der Waals surface area (Å²) in [5.74, 6) is 1.46. The first-order chi connectivity index (χ1) is 14.1. The van der Waals surface area contributed by atoms with E-state index in [0.29, 0.717) is 25.6 Å². The molecule has 2 aromatic rings. The number of ether oxygens (including phenoxy) is 2. The number of amides is 1. The minimum absolute atomic E-state index is 0.223. The van der Waals surface area contributed by atoms with Gasteiger partial charge < -0.3 is 18.9 Å². The van der Waals surface area contributed by atoms with Crippen molar-refractivity contribution >= 4 is 17.1 Å². The van der Waals surface area contributed by atoms with Crippen LogP contribution in [0.25, 0.3) is 11.2 Å². The fourth-order valence-electron chi connectivity index (χ4n) is 4.26. The summed E-state index contributed by atoms with van der Waals surface area (Å²) in [5, 5.41) is 0. The Bertz CT molecular complexity index is 832. The van der Waals surface area contributed by atoms with Crippen LogP contribution in [0.2, 0.25) is 0 Å². The maximum atomic E-state index is 12.7. The minimum Gasteiger partial charge on any atom is -0.347 e. The Balaban J connectivity index is 1.32. The van der Waals surface area contributed by atoms with Gasteiger partial charge in [0, 0.05) is 51.5 Å². The molecular formula is C22H32N4O3. The van der Waals surface area contributed by atoms with Crippen LogP contribution in [0.15, 0.2) is 18.3 Å². The van der Waals surface area contributed by atoms with Gasteiger partial charge in [-0.3, -0.25) is 4.79 Å². The number of pyridine rings is 1. The van der Waals surface area contributed by atoms with E-state index in [-0.39, 0.29) is 5.91 Å². The lowest BCUT2D eigenvalue weighted by molar-refractivity contribution is -0.187. The smallest absolute Gasteiger partial charge is 0.222 e. The van der Waals surface area contributed by atoms with Crippen LogP contribution in [-0.2, 0) is 27.2 Å². The molecule has 2 aromatic heterocycles. The molecule has 4 rings (SSSR count). The molecule has 2 aliphatic heterocycles. The predicted octanol–water partition coefficient (Wildman–Crippen LogP) is 3.17. The van der Waals surface area contributed by atoms with Gasteiger partial charge in [-0.05, 0) is 30.9 Å². The second kappa shape index (κ2) is 8.79. The normalized spacial score (nSPS) is 18.9. The first-order valence-corrected chi connectivity index (χ1v) is 10.9. The Hall–Kier alpha value is -1.99. The Morgan fingerprint density at radius 2 is 2.00 bits per heavy atom. The van der Waals surface area contributed by atoms with Gasteiger partial charge >= 0.3 is 0 Å². The number of likely N-dealkylation sites (tertiary alicyclic amines) is 1. The summed E-state index contributed by atoms with van der Waals surface area (Å²) >= 11 is 0. The standard InChI is InChI=1S/C22H32N4O3/c1-17(2)8-12-26-19(24-18-5-4-11-23-21(18)26)6-3-7-20(27)25-13-9-22(10-14-25)28-15-16-29-22/h4-5,11,17H,3,6-10,12-16H2,1-2H3. The number of aromatic nitrogens is 3. The molecule has 2 saturated heterocycles. The fourth-order valence-corrected chi connectivity index (χ4v) is 4.26. The van der Waals surface area contributed by atoms with E-state index in [9.17, 15) is 4.79 Å². The second-order valence-electron chi connectivity index (χ2n) is 8.55. The highest BCUT2D eigenvalue weighted by molar-refractivity contribution is 5.76. The fraction of sp³-hybridized carbons (Fsp3) is 0.682. The SMILES string of the molecule is CC(C)CCn1c(CCCC(=O)N2CCC3(CC2)OCCO3)nc2cccnc21. The van der Waals surface area contributed by atoms with Gasteiger partial charge in [0.05, 0.1) is 13.2 Å². The van der Waals surface area contributed by atoms with E-state index in [1.54, 1.807) is 0 Å². The van der Waals surface area contributed by atoms with Gasteiger partial charge in [-0.2, -0.15) is 0 Å². The number of fused-ring (bicyclic) bond motifs is 1. The second-order valence-corrected chi connectivity index (χ2v) is 8.55. The van der Waals surface area contributed by atoms with Crippen LogP contribution < -0.4 is 0 Å². The van der Waals surface area contributed by atoms with Gasteiger partial charge in [-0.25, -0.2) is 9.97 Å². The van der Waals surface area contributed by atoms with E-state index in [1.165, 1.54) is 0 Å². The molecule has 0 radical (unpaired) electrons. The van der Waals surface area contributed by atoms with Gasteiger partial charge in [0.15, 0.2) is 11.4 Å². The summed E-state index contributed by atoms with van der Waals surface area (Å²) in [7, 11) is 0. The zero-order valence-electron chi connectivity index (χ0n) is 17.6. The summed E-state index contributed by atoms with van der Waals surface area (Å²) < 4.78 is 13.7. The van der Waals surface area contributed by atoms with E-state index >= 15 is 0 Å². The van der Waals surface area contributed by atoms with Crippen molar-refractivity contribution < 1.29 is 14.3 Å². The molecule has 0 bridgehead atoms. The highest BCUT2D eigenvalue weighted by Crippen LogP contribution is 2.31. The molecular weight excluding hydrogens is 368 g/mol. The van der Waals surface area contributed by atoms with Gasteiger partial charge in [0.2, 0.25) is 5.91 Å².